The second-order valence-electron chi connectivity index (χ2n) is 3.61. The van der Waals surface area contributed by atoms with Crippen molar-refractivity contribution in [3.63, 3.8) is 0 Å². The Kier molecular flexibility index (Phi) is 2.21. The maximum atomic E-state index is 9.76. The van der Waals surface area contributed by atoms with Crippen LogP contribution in [0.3, 0.4) is 0 Å². The summed E-state index contributed by atoms with van der Waals surface area (Å²) in [6.45, 7) is 4.92. The molecule has 0 aromatic heterocycles. The maximum absolute atomic E-state index is 9.76. The van der Waals surface area contributed by atoms with Crippen LogP contribution in [-0.2, 0) is 15.3 Å². The van der Waals surface area contributed by atoms with Crippen molar-refractivity contribution in [2.24, 2.45) is 0 Å². The highest BCUT2D eigenvalue weighted by Gasteiger charge is 2.36. The molecule has 0 spiro atoms. The van der Waals surface area contributed by atoms with Crippen molar-refractivity contribution in [1.29, 1.82) is 0 Å². The van der Waals surface area contributed by atoms with E-state index in [1.54, 1.807) is 6.07 Å². The van der Waals surface area contributed by atoms with Crippen LogP contribution >= 0.6 is 0 Å². The molecule has 3 heteroatoms. The maximum Gasteiger partial charge on any atom is 0.195 e. The molecule has 0 radical (unpaired) electrons. The van der Waals surface area contributed by atoms with Crippen molar-refractivity contribution in [3.05, 3.63) is 29.3 Å². The number of aryl methyl sites for hydroxylation is 1. The molecule has 14 heavy (non-hydrogen) atoms. The lowest BCUT2D eigenvalue weighted by Gasteiger charge is -2.25. The number of rotatable bonds is 1. The van der Waals surface area contributed by atoms with Crippen molar-refractivity contribution < 1.29 is 14.6 Å². The van der Waals surface area contributed by atoms with Gasteiger partial charge in [0.25, 0.3) is 0 Å². The fourth-order valence-corrected chi connectivity index (χ4v) is 1.90. The summed E-state index contributed by atoms with van der Waals surface area (Å²) in [5, 5.41) is 9.76. The standard InChI is InChI=1S/C11H14O3/c1-8-4-3-5-9(12)10(8)11(2)13-6-7-14-11/h3-5,12H,6-7H2,1-2H3. The Labute approximate surface area is 83.3 Å². The average Bonchev–Trinajstić information content (AvgIpc) is 2.52. The van der Waals surface area contributed by atoms with Crippen LogP contribution in [0.25, 0.3) is 0 Å². The third kappa shape index (κ3) is 1.38. The van der Waals surface area contributed by atoms with Gasteiger partial charge in [-0.2, -0.15) is 0 Å². The van der Waals surface area contributed by atoms with E-state index in [-0.39, 0.29) is 5.75 Å². The molecule has 0 amide bonds. The molecule has 0 saturated carbocycles. The topological polar surface area (TPSA) is 38.7 Å². The summed E-state index contributed by atoms with van der Waals surface area (Å²) >= 11 is 0. The fourth-order valence-electron chi connectivity index (χ4n) is 1.90. The zero-order valence-electron chi connectivity index (χ0n) is 8.41. The number of phenols is 1. The van der Waals surface area contributed by atoms with Gasteiger partial charge in [0.2, 0.25) is 0 Å². The Hall–Kier alpha value is -1.06. The average molecular weight is 194 g/mol. The molecule has 0 bridgehead atoms. The molecule has 1 aliphatic rings. The van der Waals surface area contributed by atoms with Crippen LogP contribution in [0, 0.1) is 6.92 Å². The third-order valence-corrected chi connectivity index (χ3v) is 2.54. The van der Waals surface area contributed by atoms with Gasteiger partial charge in [-0.15, -0.1) is 0 Å². The van der Waals surface area contributed by atoms with E-state index < -0.39 is 5.79 Å². The quantitative estimate of drug-likeness (QED) is 0.742. The molecule has 1 aromatic rings. The molecule has 76 valence electrons. The summed E-state index contributed by atoms with van der Waals surface area (Å²) in [5.74, 6) is -0.551. The Balaban J connectivity index is 2.49. The van der Waals surface area contributed by atoms with Crippen LogP contribution in [0.5, 0.6) is 5.75 Å². The Morgan fingerprint density at radius 3 is 2.50 bits per heavy atom. The van der Waals surface area contributed by atoms with E-state index in [1.165, 1.54) is 0 Å². The second-order valence-corrected chi connectivity index (χ2v) is 3.61. The monoisotopic (exact) mass is 194 g/mol. The molecule has 1 fully saturated rings. The first kappa shape index (κ1) is 9.49. The predicted molar refractivity (Wildman–Crippen MR) is 52.1 cm³/mol. The van der Waals surface area contributed by atoms with E-state index in [2.05, 4.69) is 0 Å². The van der Waals surface area contributed by atoms with E-state index in [1.807, 2.05) is 26.0 Å². The van der Waals surface area contributed by atoms with Crippen molar-refractivity contribution in [2.75, 3.05) is 13.2 Å². The molecule has 1 saturated heterocycles. The van der Waals surface area contributed by atoms with E-state index in [0.717, 1.165) is 11.1 Å². The number of benzene rings is 1. The highest BCUT2D eigenvalue weighted by atomic mass is 16.7. The number of hydrogen-bond acceptors (Lipinski definition) is 3. The Morgan fingerprint density at radius 2 is 1.93 bits per heavy atom. The highest BCUT2D eigenvalue weighted by Crippen LogP contribution is 2.38. The van der Waals surface area contributed by atoms with Crippen LogP contribution < -0.4 is 0 Å². The minimum atomic E-state index is -0.782. The molecule has 0 unspecified atom stereocenters. The zero-order valence-corrected chi connectivity index (χ0v) is 8.41. The lowest BCUT2D eigenvalue weighted by atomic mass is 10.0. The van der Waals surface area contributed by atoms with Gasteiger partial charge < -0.3 is 14.6 Å². The fraction of sp³-hybridized carbons (Fsp3) is 0.455. The lowest BCUT2D eigenvalue weighted by Crippen LogP contribution is -2.23. The van der Waals surface area contributed by atoms with Gasteiger partial charge in [-0.3, -0.25) is 0 Å². The minimum Gasteiger partial charge on any atom is -0.507 e. The predicted octanol–water partition coefficient (Wildman–Crippen LogP) is 1.92. The van der Waals surface area contributed by atoms with Crippen molar-refractivity contribution in [3.8, 4) is 5.75 Å². The first-order valence-electron chi connectivity index (χ1n) is 4.70. The van der Waals surface area contributed by atoms with Gasteiger partial charge in [-0.1, -0.05) is 12.1 Å². The molecular formula is C11H14O3. The lowest BCUT2D eigenvalue weighted by molar-refractivity contribution is -0.151. The first-order chi connectivity index (χ1) is 6.63. The zero-order chi connectivity index (χ0) is 10.2. The summed E-state index contributed by atoms with van der Waals surface area (Å²) in [7, 11) is 0. The third-order valence-electron chi connectivity index (χ3n) is 2.54. The molecule has 1 heterocycles. The Bertz CT molecular complexity index is 320. The van der Waals surface area contributed by atoms with Crippen LogP contribution in [-0.4, -0.2) is 18.3 Å². The van der Waals surface area contributed by atoms with Crippen LogP contribution in [0.4, 0.5) is 0 Å². The van der Waals surface area contributed by atoms with E-state index in [4.69, 9.17) is 9.47 Å². The minimum absolute atomic E-state index is 0.231. The summed E-state index contributed by atoms with van der Waals surface area (Å²) in [6, 6.07) is 5.40. The summed E-state index contributed by atoms with van der Waals surface area (Å²) < 4.78 is 11.0. The van der Waals surface area contributed by atoms with Crippen molar-refractivity contribution in [2.45, 2.75) is 19.6 Å². The molecular weight excluding hydrogens is 180 g/mol. The number of phenolic OH excluding ortho intramolecular Hbond substituents is 1. The largest absolute Gasteiger partial charge is 0.507 e. The molecule has 1 N–H and O–H groups in total. The van der Waals surface area contributed by atoms with Crippen LogP contribution in [0.1, 0.15) is 18.1 Å². The highest BCUT2D eigenvalue weighted by molar-refractivity contribution is 5.41. The molecule has 3 nitrogen and oxygen atoms in total. The van der Waals surface area contributed by atoms with E-state index in [9.17, 15) is 5.11 Å². The van der Waals surface area contributed by atoms with Crippen molar-refractivity contribution >= 4 is 0 Å². The molecule has 1 aliphatic heterocycles. The summed E-state index contributed by atoms with van der Waals surface area (Å²) in [6.07, 6.45) is 0. The number of aromatic hydroxyl groups is 1. The number of hydrogen-bond donors (Lipinski definition) is 1. The van der Waals surface area contributed by atoms with Gasteiger partial charge in [-0.25, -0.2) is 0 Å². The second kappa shape index (κ2) is 3.26. The van der Waals surface area contributed by atoms with E-state index in [0.29, 0.717) is 13.2 Å². The van der Waals surface area contributed by atoms with Gasteiger partial charge in [-0.05, 0) is 25.5 Å². The Morgan fingerprint density at radius 1 is 1.29 bits per heavy atom. The summed E-state index contributed by atoms with van der Waals surface area (Å²) in [5.41, 5.74) is 1.71. The first-order valence-corrected chi connectivity index (χ1v) is 4.70. The summed E-state index contributed by atoms with van der Waals surface area (Å²) in [4.78, 5) is 0. The smallest absolute Gasteiger partial charge is 0.195 e. The molecule has 0 aliphatic carbocycles. The molecule has 1 aromatic carbocycles. The normalized spacial score (nSPS) is 19.9. The van der Waals surface area contributed by atoms with Gasteiger partial charge in [0.15, 0.2) is 5.79 Å². The van der Waals surface area contributed by atoms with Crippen molar-refractivity contribution in [1.82, 2.24) is 0 Å². The van der Waals surface area contributed by atoms with Gasteiger partial charge in [0, 0.05) is 0 Å². The van der Waals surface area contributed by atoms with Crippen LogP contribution in [0.15, 0.2) is 18.2 Å². The molecule has 0 atom stereocenters. The molecule has 2 rings (SSSR count). The number of ether oxygens (including phenoxy) is 2. The SMILES string of the molecule is Cc1cccc(O)c1C1(C)OCCO1. The van der Waals surface area contributed by atoms with Gasteiger partial charge in [0.05, 0.1) is 18.8 Å². The van der Waals surface area contributed by atoms with Crippen LogP contribution in [0.2, 0.25) is 0 Å². The van der Waals surface area contributed by atoms with E-state index >= 15 is 0 Å². The van der Waals surface area contributed by atoms with Gasteiger partial charge >= 0.3 is 0 Å². The van der Waals surface area contributed by atoms with Gasteiger partial charge in [0.1, 0.15) is 5.75 Å².